The van der Waals surface area contributed by atoms with Crippen molar-refractivity contribution in [2.45, 2.75) is 38.4 Å². The number of nitrogens with one attached hydrogen (secondary N) is 1. The second-order valence-electron chi connectivity index (χ2n) is 2.63. The standard InChI is InChI=1S/C7H14FN/c1-2-6(8)7-4-3-5-9-7/h6-7,9H,2-5H2,1H3. The number of alkyl halides is 1. The van der Waals surface area contributed by atoms with Gasteiger partial charge in [0.05, 0.1) is 0 Å². The maximum Gasteiger partial charge on any atom is 0.115 e. The maximum atomic E-state index is 12.8. The van der Waals surface area contributed by atoms with Gasteiger partial charge in [0, 0.05) is 6.04 Å². The monoisotopic (exact) mass is 131 g/mol. The summed E-state index contributed by atoms with van der Waals surface area (Å²) in [4.78, 5) is 0. The zero-order valence-corrected chi connectivity index (χ0v) is 5.86. The minimum atomic E-state index is -0.618. The average molecular weight is 131 g/mol. The zero-order chi connectivity index (χ0) is 6.69. The molecule has 1 saturated heterocycles. The normalized spacial score (nSPS) is 30.7. The van der Waals surface area contributed by atoms with Crippen molar-refractivity contribution >= 4 is 0 Å². The minimum Gasteiger partial charge on any atom is -0.311 e. The van der Waals surface area contributed by atoms with Crippen molar-refractivity contribution < 1.29 is 4.39 Å². The van der Waals surface area contributed by atoms with Crippen LogP contribution in [0.1, 0.15) is 26.2 Å². The Kier molecular flexibility index (Phi) is 2.46. The van der Waals surface area contributed by atoms with E-state index in [0.717, 1.165) is 19.4 Å². The highest BCUT2D eigenvalue weighted by atomic mass is 19.1. The van der Waals surface area contributed by atoms with Gasteiger partial charge in [-0.25, -0.2) is 4.39 Å². The molecule has 0 saturated carbocycles. The molecule has 2 unspecified atom stereocenters. The Morgan fingerprint density at radius 1 is 1.78 bits per heavy atom. The van der Waals surface area contributed by atoms with Gasteiger partial charge in [0.1, 0.15) is 6.17 Å². The second kappa shape index (κ2) is 3.16. The Hall–Kier alpha value is -0.110. The predicted molar refractivity (Wildman–Crippen MR) is 36.2 cm³/mol. The molecule has 1 nitrogen and oxygen atoms in total. The summed E-state index contributed by atoms with van der Waals surface area (Å²) in [6.45, 7) is 2.90. The van der Waals surface area contributed by atoms with Gasteiger partial charge in [-0.3, -0.25) is 0 Å². The molecule has 0 spiro atoms. The van der Waals surface area contributed by atoms with E-state index in [0.29, 0.717) is 6.42 Å². The Labute approximate surface area is 55.6 Å². The molecule has 2 atom stereocenters. The van der Waals surface area contributed by atoms with Crippen molar-refractivity contribution in [3.63, 3.8) is 0 Å². The van der Waals surface area contributed by atoms with Gasteiger partial charge in [-0.15, -0.1) is 0 Å². The van der Waals surface area contributed by atoms with Crippen LogP contribution in [0.3, 0.4) is 0 Å². The maximum absolute atomic E-state index is 12.8. The van der Waals surface area contributed by atoms with Gasteiger partial charge in [0.2, 0.25) is 0 Å². The minimum absolute atomic E-state index is 0.162. The second-order valence-corrected chi connectivity index (χ2v) is 2.63. The van der Waals surface area contributed by atoms with Gasteiger partial charge in [-0.2, -0.15) is 0 Å². The molecule has 1 aliphatic heterocycles. The summed E-state index contributed by atoms with van der Waals surface area (Å²) >= 11 is 0. The van der Waals surface area contributed by atoms with Crippen LogP contribution in [0, 0.1) is 0 Å². The van der Waals surface area contributed by atoms with E-state index < -0.39 is 6.17 Å². The fraction of sp³-hybridized carbons (Fsp3) is 1.00. The van der Waals surface area contributed by atoms with Gasteiger partial charge in [0.15, 0.2) is 0 Å². The van der Waals surface area contributed by atoms with E-state index in [2.05, 4.69) is 5.32 Å². The van der Waals surface area contributed by atoms with Crippen LogP contribution in [-0.4, -0.2) is 18.8 Å². The van der Waals surface area contributed by atoms with Gasteiger partial charge < -0.3 is 5.32 Å². The van der Waals surface area contributed by atoms with Gasteiger partial charge in [-0.1, -0.05) is 6.92 Å². The third-order valence-corrected chi connectivity index (χ3v) is 1.93. The van der Waals surface area contributed by atoms with Crippen molar-refractivity contribution in [1.82, 2.24) is 5.32 Å². The first-order chi connectivity index (χ1) is 4.34. The molecule has 0 bridgehead atoms. The van der Waals surface area contributed by atoms with Gasteiger partial charge in [0.25, 0.3) is 0 Å². The first-order valence-corrected chi connectivity index (χ1v) is 3.72. The summed E-state index contributed by atoms with van der Waals surface area (Å²) < 4.78 is 12.8. The molecule has 1 fully saturated rings. The number of rotatable bonds is 2. The Morgan fingerprint density at radius 2 is 2.56 bits per heavy atom. The third kappa shape index (κ3) is 1.65. The fourth-order valence-corrected chi connectivity index (χ4v) is 1.30. The van der Waals surface area contributed by atoms with Crippen LogP contribution < -0.4 is 5.32 Å². The summed E-state index contributed by atoms with van der Waals surface area (Å²) in [6.07, 6.45) is 2.20. The van der Waals surface area contributed by atoms with Crippen LogP contribution in [0.4, 0.5) is 4.39 Å². The lowest BCUT2D eigenvalue weighted by Crippen LogP contribution is -2.31. The molecular weight excluding hydrogens is 117 g/mol. The van der Waals surface area contributed by atoms with E-state index >= 15 is 0 Å². The third-order valence-electron chi connectivity index (χ3n) is 1.93. The molecule has 0 aliphatic carbocycles. The van der Waals surface area contributed by atoms with Crippen molar-refractivity contribution in [3.8, 4) is 0 Å². The summed E-state index contributed by atoms with van der Waals surface area (Å²) in [5.74, 6) is 0. The molecule has 1 rings (SSSR count). The highest BCUT2D eigenvalue weighted by Gasteiger charge is 2.21. The molecule has 9 heavy (non-hydrogen) atoms. The molecule has 0 aromatic carbocycles. The largest absolute Gasteiger partial charge is 0.311 e. The van der Waals surface area contributed by atoms with Crippen LogP contribution in [-0.2, 0) is 0 Å². The van der Waals surface area contributed by atoms with E-state index in [1.807, 2.05) is 6.92 Å². The first kappa shape index (κ1) is 7.00. The number of hydrogen-bond donors (Lipinski definition) is 1. The van der Waals surface area contributed by atoms with Crippen LogP contribution in [0.2, 0.25) is 0 Å². The summed E-state index contributed by atoms with van der Waals surface area (Å²) in [7, 11) is 0. The Bertz CT molecular complexity index is 79.0. The highest BCUT2D eigenvalue weighted by molar-refractivity contribution is 4.80. The van der Waals surface area contributed by atoms with E-state index in [1.165, 1.54) is 0 Å². The van der Waals surface area contributed by atoms with Gasteiger partial charge in [-0.05, 0) is 25.8 Å². The summed E-state index contributed by atoms with van der Waals surface area (Å²) in [5.41, 5.74) is 0. The first-order valence-electron chi connectivity index (χ1n) is 3.72. The van der Waals surface area contributed by atoms with E-state index in [-0.39, 0.29) is 6.04 Å². The zero-order valence-electron chi connectivity index (χ0n) is 5.86. The molecule has 0 aromatic heterocycles. The molecular formula is C7H14FN. The molecule has 1 N–H and O–H groups in total. The van der Waals surface area contributed by atoms with E-state index in [1.54, 1.807) is 0 Å². The lowest BCUT2D eigenvalue weighted by atomic mass is 10.1. The predicted octanol–water partition coefficient (Wildman–Crippen LogP) is 1.49. The van der Waals surface area contributed by atoms with Gasteiger partial charge >= 0.3 is 0 Å². The lowest BCUT2D eigenvalue weighted by molar-refractivity contribution is 0.258. The molecule has 0 aromatic rings. The molecule has 0 amide bonds. The fourth-order valence-electron chi connectivity index (χ4n) is 1.30. The van der Waals surface area contributed by atoms with E-state index in [4.69, 9.17) is 0 Å². The van der Waals surface area contributed by atoms with Crippen LogP contribution in [0.25, 0.3) is 0 Å². The lowest BCUT2D eigenvalue weighted by Gasteiger charge is -2.12. The Morgan fingerprint density at radius 3 is 3.00 bits per heavy atom. The topological polar surface area (TPSA) is 12.0 Å². The number of halogens is 1. The van der Waals surface area contributed by atoms with Crippen molar-refractivity contribution in [3.05, 3.63) is 0 Å². The number of hydrogen-bond acceptors (Lipinski definition) is 1. The quantitative estimate of drug-likeness (QED) is 0.598. The Balaban J connectivity index is 2.24. The molecule has 2 heteroatoms. The molecule has 1 heterocycles. The average Bonchev–Trinajstić information content (AvgIpc) is 2.37. The SMILES string of the molecule is CCC(F)C1CCCN1. The van der Waals surface area contributed by atoms with Crippen LogP contribution in [0.5, 0.6) is 0 Å². The van der Waals surface area contributed by atoms with E-state index in [9.17, 15) is 4.39 Å². The van der Waals surface area contributed by atoms with Crippen LogP contribution >= 0.6 is 0 Å². The van der Waals surface area contributed by atoms with Crippen LogP contribution in [0.15, 0.2) is 0 Å². The molecule has 0 radical (unpaired) electrons. The van der Waals surface area contributed by atoms with Crippen molar-refractivity contribution in [1.29, 1.82) is 0 Å². The van der Waals surface area contributed by atoms with Crippen molar-refractivity contribution in [2.75, 3.05) is 6.54 Å². The summed E-state index contributed by atoms with van der Waals surface area (Å²) in [6, 6.07) is 0.162. The molecule has 1 aliphatic rings. The van der Waals surface area contributed by atoms with Crippen molar-refractivity contribution in [2.24, 2.45) is 0 Å². The highest BCUT2D eigenvalue weighted by Crippen LogP contribution is 2.13. The smallest absolute Gasteiger partial charge is 0.115 e. The summed E-state index contributed by atoms with van der Waals surface area (Å²) in [5, 5.41) is 3.13. The molecule has 54 valence electrons.